The predicted octanol–water partition coefficient (Wildman–Crippen LogP) is 4.27. The van der Waals surface area contributed by atoms with E-state index in [-0.39, 0.29) is 17.1 Å². The summed E-state index contributed by atoms with van der Waals surface area (Å²) in [5.41, 5.74) is -0.660. The average Bonchev–Trinajstić information content (AvgIpc) is 2.67. The lowest BCUT2D eigenvalue weighted by atomic mass is 10.1. The van der Waals surface area contributed by atoms with Crippen LogP contribution in [-0.2, 0) is 6.18 Å². The first-order chi connectivity index (χ1) is 9.31. The van der Waals surface area contributed by atoms with Gasteiger partial charge >= 0.3 is 6.18 Å². The van der Waals surface area contributed by atoms with E-state index in [1.807, 2.05) is 0 Å². The maximum atomic E-state index is 12.8. The predicted molar refractivity (Wildman–Crippen MR) is 66.9 cm³/mol. The van der Waals surface area contributed by atoms with Gasteiger partial charge in [-0.3, -0.25) is 4.79 Å². The first-order valence-electron chi connectivity index (χ1n) is 5.59. The van der Waals surface area contributed by atoms with Crippen LogP contribution in [0.4, 0.5) is 13.2 Å². The van der Waals surface area contributed by atoms with E-state index < -0.39 is 11.7 Å². The molecule has 20 heavy (non-hydrogen) atoms. The second-order valence-corrected chi connectivity index (χ2v) is 5.11. The largest absolute Gasteiger partial charge is 0.436 e. The van der Waals surface area contributed by atoms with Gasteiger partial charge in [-0.2, -0.15) is 13.2 Å². The third-order valence-corrected chi connectivity index (χ3v) is 3.51. The number of nitrogens with zero attached hydrogens (tertiary/aromatic N) is 1. The molecule has 0 bridgehead atoms. The van der Waals surface area contributed by atoms with E-state index in [0.717, 1.165) is 23.9 Å². The summed E-state index contributed by atoms with van der Waals surface area (Å²) >= 11 is 0.978. The highest BCUT2D eigenvalue weighted by Crippen LogP contribution is 2.36. The number of benzene rings is 1. The molecule has 0 amide bonds. The number of hydrogen-bond acceptors (Lipinski definition) is 4. The van der Waals surface area contributed by atoms with Crippen LogP contribution in [0.15, 0.2) is 32.7 Å². The Balaban J connectivity index is 2.36. The molecule has 0 saturated heterocycles. The molecule has 0 N–H and O–H groups in total. The van der Waals surface area contributed by atoms with E-state index in [2.05, 4.69) is 4.98 Å². The van der Waals surface area contributed by atoms with Gasteiger partial charge in [0, 0.05) is 10.5 Å². The smallest absolute Gasteiger partial charge is 0.417 e. The molecule has 0 fully saturated rings. The summed E-state index contributed by atoms with van der Waals surface area (Å²) in [4.78, 5) is 15.0. The lowest BCUT2D eigenvalue weighted by Crippen LogP contribution is -2.08. The van der Waals surface area contributed by atoms with Gasteiger partial charge in [0.2, 0.25) is 0 Å². The molecule has 2 rings (SSSR count). The summed E-state index contributed by atoms with van der Waals surface area (Å²) in [6, 6.07) is 3.49. The van der Waals surface area contributed by atoms with Gasteiger partial charge in [-0.05, 0) is 43.8 Å². The quantitative estimate of drug-likeness (QED) is 0.794. The van der Waals surface area contributed by atoms with Gasteiger partial charge in [-0.25, -0.2) is 4.98 Å². The zero-order chi connectivity index (χ0) is 14.9. The number of oxazole rings is 1. The minimum Gasteiger partial charge on any atom is -0.436 e. The number of hydrogen-bond donors (Lipinski definition) is 0. The summed E-state index contributed by atoms with van der Waals surface area (Å²) in [7, 11) is 0. The molecule has 2 aromatic rings. The van der Waals surface area contributed by atoms with Crippen molar-refractivity contribution in [2.24, 2.45) is 0 Å². The molecule has 106 valence electrons. The molecule has 1 heterocycles. The van der Waals surface area contributed by atoms with Gasteiger partial charge in [-0.15, -0.1) is 0 Å². The van der Waals surface area contributed by atoms with Crippen molar-refractivity contribution in [3.63, 3.8) is 0 Å². The van der Waals surface area contributed by atoms with Crippen LogP contribution in [-0.4, -0.2) is 11.3 Å². The van der Waals surface area contributed by atoms with Crippen LogP contribution >= 0.6 is 11.8 Å². The van der Waals surface area contributed by atoms with Crippen molar-refractivity contribution < 1.29 is 22.4 Å². The van der Waals surface area contributed by atoms with Gasteiger partial charge in [0.15, 0.2) is 6.29 Å². The van der Waals surface area contributed by atoms with E-state index in [4.69, 9.17) is 4.42 Å². The lowest BCUT2D eigenvalue weighted by molar-refractivity contribution is -0.138. The number of rotatable bonds is 3. The number of aldehydes is 1. The number of aryl methyl sites for hydroxylation is 2. The zero-order valence-corrected chi connectivity index (χ0v) is 11.4. The maximum absolute atomic E-state index is 12.8. The van der Waals surface area contributed by atoms with Crippen LogP contribution in [0.25, 0.3) is 0 Å². The maximum Gasteiger partial charge on any atom is 0.417 e. The van der Waals surface area contributed by atoms with Gasteiger partial charge < -0.3 is 4.42 Å². The molecule has 0 unspecified atom stereocenters. The topological polar surface area (TPSA) is 43.1 Å². The van der Waals surface area contributed by atoms with Crippen molar-refractivity contribution in [3.05, 3.63) is 40.8 Å². The molecule has 0 aliphatic carbocycles. The fourth-order valence-corrected chi connectivity index (χ4v) is 2.40. The number of aromatic nitrogens is 1. The molecular formula is C13H10F3NO2S. The summed E-state index contributed by atoms with van der Waals surface area (Å²) in [6.07, 6.45) is -4.38. The second-order valence-electron chi connectivity index (χ2n) is 4.09. The normalized spacial score (nSPS) is 11.7. The van der Waals surface area contributed by atoms with Crippen LogP contribution in [0.1, 0.15) is 27.4 Å². The van der Waals surface area contributed by atoms with Crippen LogP contribution in [0.2, 0.25) is 0 Å². The highest BCUT2D eigenvalue weighted by molar-refractivity contribution is 7.99. The highest BCUT2D eigenvalue weighted by Gasteiger charge is 2.33. The van der Waals surface area contributed by atoms with Crippen molar-refractivity contribution >= 4 is 18.0 Å². The molecule has 1 aromatic heterocycles. The Bertz CT molecular complexity index is 630. The molecule has 1 aromatic carbocycles. The first-order valence-corrected chi connectivity index (χ1v) is 6.41. The number of carbonyl (C=O) groups excluding carboxylic acids is 1. The molecule has 0 aliphatic rings. The fraction of sp³-hybridized carbons (Fsp3) is 0.231. The van der Waals surface area contributed by atoms with Gasteiger partial charge in [-0.1, -0.05) is 0 Å². The molecule has 7 heteroatoms. The van der Waals surface area contributed by atoms with Crippen molar-refractivity contribution in [1.82, 2.24) is 4.98 Å². The highest BCUT2D eigenvalue weighted by atomic mass is 32.2. The third-order valence-electron chi connectivity index (χ3n) is 2.67. The van der Waals surface area contributed by atoms with Gasteiger partial charge in [0.25, 0.3) is 5.22 Å². The van der Waals surface area contributed by atoms with Gasteiger partial charge in [0.1, 0.15) is 5.76 Å². The van der Waals surface area contributed by atoms with Crippen LogP contribution in [0, 0.1) is 13.8 Å². The number of carbonyl (C=O) groups is 1. The first kappa shape index (κ1) is 14.6. The van der Waals surface area contributed by atoms with Crippen LogP contribution < -0.4 is 0 Å². The monoisotopic (exact) mass is 301 g/mol. The van der Waals surface area contributed by atoms with E-state index in [9.17, 15) is 18.0 Å². The van der Waals surface area contributed by atoms with Crippen molar-refractivity contribution in [2.75, 3.05) is 0 Å². The SMILES string of the molecule is Cc1nc(Sc2ccc(C=O)c(C(F)(F)F)c2)oc1C. The number of alkyl halides is 3. The fourth-order valence-electron chi connectivity index (χ4n) is 1.53. The molecule has 0 radical (unpaired) electrons. The van der Waals surface area contributed by atoms with Gasteiger partial charge in [0.05, 0.1) is 11.3 Å². The Morgan fingerprint density at radius 1 is 1.30 bits per heavy atom. The Morgan fingerprint density at radius 2 is 2.00 bits per heavy atom. The summed E-state index contributed by atoms with van der Waals surface area (Å²) < 4.78 is 43.7. The van der Waals surface area contributed by atoms with E-state index in [1.54, 1.807) is 13.8 Å². The van der Waals surface area contributed by atoms with Crippen LogP contribution in [0.3, 0.4) is 0 Å². The molecule has 0 aliphatic heterocycles. The van der Waals surface area contributed by atoms with Crippen LogP contribution in [0.5, 0.6) is 0 Å². The molecule has 3 nitrogen and oxygen atoms in total. The van der Waals surface area contributed by atoms with E-state index >= 15 is 0 Å². The van der Waals surface area contributed by atoms with Crippen molar-refractivity contribution in [3.8, 4) is 0 Å². The van der Waals surface area contributed by atoms with E-state index in [1.165, 1.54) is 6.07 Å². The Labute approximate surface area is 117 Å². The summed E-state index contributed by atoms with van der Waals surface area (Å²) in [5.74, 6) is 0.619. The molecule has 0 spiro atoms. The van der Waals surface area contributed by atoms with Crippen molar-refractivity contribution in [2.45, 2.75) is 30.1 Å². The molecule has 0 atom stereocenters. The summed E-state index contributed by atoms with van der Waals surface area (Å²) in [6.45, 7) is 3.47. The Kier molecular flexibility index (Phi) is 3.89. The molecule has 0 saturated carbocycles. The zero-order valence-electron chi connectivity index (χ0n) is 10.6. The molecular weight excluding hydrogens is 291 g/mol. The Hall–Kier alpha value is -1.76. The number of halogens is 3. The van der Waals surface area contributed by atoms with Crippen molar-refractivity contribution in [1.29, 1.82) is 0 Å². The standard InChI is InChI=1S/C13H10F3NO2S/c1-7-8(2)19-12(17-7)20-10-4-3-9(6-18)11(5-10)13(14,15)16/h3-6H,1-2H3. The Morgan fingerprint density at radius 3 is 2.50 bits per heavy atom. The third kappa shape index (κ3) is 3.04. The lowest BCUT2D eigenvalue weighted by Gasteiger charge is -2.10. The minimum absolute atomic E-state index is 0.191. The average molecular weight is 301 g/mol. The summed E-state index contributed by atoms with van der Waals surface area (Å²) in [5, 5.41) is 0.270. The second kappa shape index (κ2) is 5.32. The van der Waals surface area contributed by atoms with E-state index in [0.29, 0.717) is 16.3 Å². The minimum atomic E-state index is -4.57.